The number of benzene rings is 1. The van der Waals surface area contributed by atoms with E-state index >= 15 is 0 Å². The number of nitrogens with zero attached hydrogens (tertiary/aromatic N) is 4. The van der Waals surface area contributed by atoms with Gasteiger partial charge in [0.25, 0.3) is 0 Å². The number of halogens is 5. The molecule has 1 aliphatic heterocycles. The quantitative estimate of drug-likeness (QED) is 0.412. The summed E-state index contributed by atoms with van der Waals surface area (Å²) in [5.41, 5.74) is 2.58. The van der Waals surface area contributed by atoms with Crippen molar-refractivity contribution < 1.29 is 31.9 Å². The molecule has 1 unspecified atom stereocenters. The summed E-state index contributed by atoms with van der Waals surface area (Å²) in [7, 11) is 0. The van der Waals surface area contributed by atoms with Gasteiger partial charge in [-0.05, 0) is 31.0 Å². The lowest BCUT2D eigenvalue weighted by Gasteiger charge is -2.41. The van der Waals surface area contributed by atoms with Crippen LogP contribution in [0.5, 0.6) is 0 Å². The van der Waals surface area contributed by atoms with Gasteiger partial charge in [0.05, 0.1) is 24.0 Å². The number of rotatable bonds is 5. The second-order valence-corrected chi connectivity index (χ2v) is 8.25. The maximum absolute atomic E-state index is 14.2. The number of Topliss-reactive ketones (excluding diaryl/α,β-unsaturated/α-hetero) is 1. The number of β-amino-alcohol motifs (C(OH)–C–C–N with tert-alkyl or cyclic N) is 1. The standard InChI is InChI=1S/C23H20F5N5O2/c24-14-3-1-4-15(25)19(14)21-31-11-16(29)20(32-21)18(34)9-13-10-30-7-5-17(13)33-8-2-6-22(35,12-33)23(26,27)28/h1,3-5,7,10-11,35H,2,6,8-9,12,29H2. The second-order valence-electron chi connectivity index (χ2n) is 8.25. The summed E-state index contributed by atoms with van der Waals surface area (Å²) in [4.78, 5) is 26.2. The molecule has 2 aromatic heterocycles. The number of piperidine rings is 1. The topological polar surface area (TPSA) is 105 Å². The molecule has 12 heteroatoms. The van der Waals surface area contributed by atoms with Crippen molar-refractivity contribution in [2.75, 3.05) is 23.7 Å². The molecule has 3 N–H and O–H groups in total. The Morgan fingerprint density at radius 1 is 1.17 bits per heavy atom. The van der Waals surface area contributed by atoms with Gasteiger partial charge in [0, 0.05) is 36.6 Å². The first kappa shape index (κ1) is 24.5. The van der Waals surface area contributed by atoms with Gasteiger partial charge in [0.15, 0.2) is 17.2 Å². The average Bonchev–Trinajstić information content (AvgIpc) is 2.79. The molecule has 4 rings (SSSR count). The Morgan fingerprint density at radius 3 is 2.57 bits per heavy atom. The molecule has 0 aliphatic carbocycles. The van der Waals surface area contributed by atoms with Crippen molar-refractivity contribution in [1.82, 2.24) is 15.0 Å². The van der Waals surface area contributed by atoms with E-state index in [1.165, 1.54) is 29.4 Å². The van der Waals surface area contributed by atoms with Crippen LogP contribution in [0.1, 0.15) is 28.9 Å². The zero-order valence-corrected chi connectivity index (χ0v) is 18.2. The smallest absolute Gasteiger partial charge is 0.396 e. The van der Waals surface area contributed by atoms with Crippen LogP contribution in [0.25, 0.3) is 11.4 Å². The Hall–Kier alpha value is -3.67. The van der Waals surface area contributed by atoms with Crippen LogP contribution in [0.3, 0.4) is 0 Å². The molecular weight excluding hydrogens is 473 g/mol. The highest BCUT2D eigenvalue weighted by molar-refractivity contribution is 6.00. The highest BCUT2D eigenvalue weighted by Gasteiger charge is 2.55. The van der Waals surface area contributed by atoms with Crippen LogP contribution >= 0.6 is 0 Å². The van der Waals surface area contributed by atoms with E-state index in [0.29, 0.717) is 5.69 Å². The van der Waals surface area contributed by atoms with E-state index in [0.717, 1.165) is 18.3 Å². The maximum Gasteiger partial charge on any atom is 0.418 e. The first-order valence-electron chi connectivity index (χ1n) is 10.6. The van der Waals surface area contributed by atoms with Gasteiger partial charge < -0.3 is 15.7 Å². The number of hydrogen-bond donors (Lipinski definition) is 2. The predicted molar refractivity (Wildman–Crippen MR) is 117 cm³/mol. The summed E-state index contributed by atoms with van der Waals surface area (Å²) in [5, 5.41) is 10.2. The van der Waals surface area contributed by atoms with E-state index in [4.69, 9.17) is 5.73 Å². The van der Waals surface area contributed by atoms with Crippen LogP contribution in [0.2, 0.25) is 0 Å². The van der Waals surface area contributed by atoms with Crippen molar-refractivity contribution in [1.29, 1.82) is 0 Å². The summed E-state index contributed by atoms with van der Waals surface area (Å²) in [5.74, 6) is -2.88. The molecule has 35 heavy (non-hydrogen) atoms. The van der Waals surface area contributed by atoms with Crippen LogP contribution in [0.15, 0.2) is 42.9 Å². The molecule has 1 fully saturated rings. The Bertz CT molecular complexity index is 1250. The first-order valence-corrected chi connectivity index (χ1v) is 10.6. The van der Waals surface area contributed by atoms with Gasteiger partial charge in [-0.15, -0.1) is 0 Å². The largest absolute Gasteiger partial charge is 0.418 e. The molecule has 0 amide bonds. The molecule has 1 aliphatic rings. The number of hydrogen-bond acceptors (Lipinski definition) is 7. The number of alkyl halides is 3. The molecule has 3 heterocycles. The zero-order valence-electron chi connectivity index (χ0n) is 18.2. The Labute approximate surface area is 196 Å². The number of carbonyl (C=O) groups excluding carboxylic acids is 1. The van der Waals surface area contributed by atoms with Gasteiger partial charge in [-0.2, -0.15) is 13.2 Å². The highest BCUT2D eigenvalue weighted by Crippen LogP contribution is 2.39. The first-order chi connectivity index (χ1) is 16.5. The number of ketones is 1. The third-order valence-corrected chi connectivity index (χ3v) is 5.84. The summed E-state index contributed by atoms with van der Waals surface area (Å²) >= 11 is 0. The molecule has 0 saturated carbocycles. The predicted octanol–water partition coefficient (Wildman–Crippen LogP) is 3.72. The SMILES string of the molecule is Nc1cnc(-c2c(F)cccc2F)nc1C(=O)Cc1cnccc1N1CCCC(O)(C(F)(F)F)C1. The monoisotopic (exact) mass is 493 g/mol. The lowest BCUT2D eigenvalue weighted by molar-refractivity contribution is -0.261. The van der Waals surface area contributed by atoms with Crippen LogP contribution < -0.4 is 10.6 Å². The Morgan fingerprint density at radius 2 is 1.89 bits per heavy atom. The zero-order chi connectivity index (χ0) is 25.4. The van der Waals surface area contributed by atoms with Crippen molar-refractivity contribution >= 4 is 17.2 Å². The number of aromatic nitrogens is 3. The van der Waals surface area contributed by atoms with E-state index in [1.807, 2.05) is 0 Å². The second kappa shape index (κ2) is 9.17. The van der Waals surface area contributed by atoms with E-state index in [9.17, 15) is 31.9 Å². The molecule has 7 nitrogen and oxygen atoms in total. The van der Waals surface area contributed by atoms with Crippen molar-refractivity contribution in [2.24, 2.45) is 0 Å². The Kier molecular flexibility index (Phi) is 6.41. The van der Waals surface area contributed by atoms with E-state index in [2.05, 4.69) is 15.0 Å². The van der Waals surface area contributed by atoms with Gasteiger partial charge >= 0.3 is 6.18 Å². The summed E-state index contributed by atoms with van der Waals surface area (Å²) < 4.78 is 68.5. The van der Waals surface area contributed by atoms with E-state index in [-0.39, 0.29) is 42.2 Å². The van der Waals surface area contributed by atoms with Gasteiger partial charge in [-0.1, -0.05) is 6.07 Å². The molecule has 0 radical (unpaired) electrons. The van der Waals surface area contributed by atoms with Crippen molar-refractivity contribution in [3.8, 4) is 11.4 Å². The number of nitrogens with two attached hydrogens (primary N) is 1. The van der Waals surface area contributed by atoms with Crippen LogP contribution in [-0.2, 0) is 6.42 Å². The van der Waals surface area contributed by atoms with Crippen LogP contribution in [0, 0.1) is 11.6 Å². The molecule has 0 bridgehead atoms. The third-order valence-electron chi connectivity index (χ3n) is 5.84. The van der Waals surface area contributed by atoms with Gasteiger partial charge in [0.2, 0.25) is 0 Å². The van der Waals surface area contributed by atoms with Crippen molar-refractivity contribution in [3.63, 3.8) is 0 Å². The highest BCUT2D eigenvalue weighted by atomic mass is 19.4. The van der Waals surface area contributed by atoms with Crippen molar-refractivity contribution in [2.45, 2.75) is 31.0 Å². The van der Waals surface area contributed by atoms with E-state index in [1.54, 1.807) is 0 Å². The number of nitrogen functional groups attached to an aromatic ring is 1. The summed E-state index contributed by atoms with van der Waals surface area (Å²) in [6.45, 7) is -0.468. The number of carbonyl (C=O) groups is 1. The minimum atomic E-state index is -4.82. The molecule has 1 aromatic carbocycles. The van der Waals surface area contributed by atoms with E-state index < -0.39 is 47.7 Å². The number of anilines is 2. The fraction of sp³-hybridized carbons (Fsp3) is 0.304. The summed E-state index contributed by atoms with van der Waals surface area (Å²) in [6, 6.07) is 4.65. The molecule has 1 saturated heterocycles. The van der Waals surface area contributed by atoms with Gasteiger partial charge in [-0.3, -0.25) is 9.78 Å². The van der Waals surface area contributed by atoms with Crippen molar-refractivity contribution in [3.05, 3.63) is 65.7 Å². The average molecular weight is 493 g/mol. The Balaban J connectivity index is 1.64. The normalized spacial score (nSPS) is 18.5. The molecular formula is C23H20F5N5O2. The minimum absolute atomic E-state index is 0.0855. The lowest BCUT2D eigenvalue weighted by atomic mass is 9.91. The van der Waals surface area contributed by atoms with Crippen LogP contribution in [0.4, 0.5) is 33.3 Å². The molecule has 3 aromatic rings. The van der Waals surface area contributed by atoms with Crippen LogP contribution in [-0.4, -0.2) is 50.7 Å². The summed E-state index contributed by atoms with van der Waals surface area (Å²) in [6.07, 6.45) is -1.78. The molecule has 0 spiro atoms. The third kappa shape index (κ3) is 4.78. The number of pyridine rings is 1. The molecule has 1 atom stereocenters. The molecule has 184 valence electrons. The minimum Gasteiger partial charge on any atom is -0.396 e. The maximum atomic E-state index is 14.2. The number of aliphatic hydroxyl groups is 1. The van der Waals surface area contributed by atoms with Gasteiger partial charge in [0.1, 0.15) is 17.3 Å². The fourth-order valence-electron chi connectivity index (χ4n) is 4.04. The lowest BCUT2D eigenvalue weighted by Crippen LogP contribution is -2.57. The van der Waals surface area contributed by atoms with Gasteiger partial charge in [-0.25, -0.2) is 18.7 Å². The fourth-order valence-corrected chi connectivity index (χ4v) is 4.04.